The molecule has 0 aliphatic rings. The quantitative estimate of drug-likeness (QED) is 0.900. The zero-order valence-corrected chi connectivity index (χ0v) is 10.7. The van der Waals surface area contributed by atoms with Crippen molar-refractivity contribution in [2.75, 3.05) is 7.11 Å². The molecule has 0 radical (unpaired) electrons. The van der Waals surface area contributed by atoms with E-state index in [4.69, 9.17) is 9.84 Å². The molecule has 1 N–H and O–H groups in total. The Morgan fingerprint density at radius 1 is 1.39 bits per heavy atom. The maximum atomic E-state index is 10.6. The van der Waals surface area contributed by atoms with Crippen molar-refractivity contribution < 1.29 is 14.6 Å². The Hall–Kier alpha value is -1.72. The van der Waals surface area contributed by atoms with Gasteiger partial charge < -0.3 is 9.84 Å². The maximum absolute atomic E-state index is 10.6. The SMILES string of the molecule is COCc1ccc(-c2nc(CC(=O)O)cs2)cc1. The molecule has 2 rings (SSSR count). The minimum atomic E-state index is -0.859. The van der Waals surface area contributed by atoms with Crippen LogP contribution in [0, 0.1) is 0 Å². The monoisotopic (exact) mass is 263 g/mol. The van der Waals surface area contributed by atoms with Gasteiger partial charge in [-0.15, -0.1) is 11.3 Å². The first-order valence-electron chi connectivity index (χ1n) is 5.43. The number of aliphatic carboxylic acids is 1. The van der Waals surface area contributed by atoms with Crippen LogP contribution < -0.4 is 0 Å². The van der Waals surface area contributed by atoms with E-state index in [1.54, 1.807) is 12.5 Å². The Balaban J connectivity index is 2.15. The average molecular weight is 263 g/mol. The number of aromatic nitrogens is 1. The summed E-state index contributed by atoms with van der Waals surface area (Å²) in [6, 6.07) is 7.91. The zero-order valence-electron chi connectivity index (χ0n) is 9.92. The number of methoxy groups -OCH3 is 1. The molecule has 0 amide bonds. The fourth-order valence-electron chi connectivity index (χ4n) is 1.59. The Bertz CT molecular complexity index is 533. The first-order valence-corrected chi connectivity index (χ1v) is 6.31. The standard InChI is InChI=1S/C13H13NO3S/c1-17-7-9-2-4-10(5-3-9)13-14-11(8-18-13)6-12(15)16/h2-5,8H,6-7H2,1H3,(H,15,16). The Labute approximate surface area is 109 Å². The number of carboxylic acid groups (broad SMARTS) is 1. The number of benzene rings is 1. The largest absolute Gasteiger partial charge is 0.481 e. The van der Waals surface area contributed by atoms with Crippen molar-refractivity contribution in [2.45, 2.75) is 13.0 Å². The molecule has 0 bridgehead atoms. The fourth-order valence-corrected chi connectivity index (χ4v) is 2.41. The average Bonchev–Trinajstić information content (AvgIpc) is 2.78. The summed E-state index contributed by atoms with van der Waals surface area (Å²) in [4.78, 5) is 14.9. The van der Waals surface area contributed by atoms with Gasteiger partial charge in [0.15, 0.2) is 0 Å². The summed E-state index contributed by atoms with van der Waals surface area (Å²) in [5, 5.41) is 11.3. The molecule has 0 unspecified atom stereocenters. The van der Waals surface area contributed by atoms with E-state index in [2.05, 4.69) is 4.98 Å². The molecule has 0 saturated heterocycles. The Kier molecular flexibility index (Phi) is 4.07. The molecule has 4 nitrogen and oxygen atoms in total. The van der Waals surface area contributed by atoms with Gasteiger partial charge in [-0.05, 0) is 5.56 Å². The third kappa shape index (κ3) is 3.15. The van der Waals surface area contributed by atoms with Gasteiger partial charge >= 0.3 is 5.97 Å². The van der Waals surface area contributed by atoms with E-state index >= 15 is 0 Å². The van der Waals surface area contributed by atoms with Gasteiger partial charge in [0.1, 0.15) is 5.01 Å². The second kappa shape index (κ2) is 5.75. The fraction of sp³-hybridized carbons (Fsp3) is 0.231. The van der Waals surface area contributed by atoms with E-state index in [-0.39, 0.29) is 6.42 Å². The number of carbonyl (C=O) groups is 1. The predicted octanol–water partition coefficient (Wildman–Crippen LogP) is 2.58. The van der Waals surface area contributed by atoms with Gasteiger partial charge in [-0.1, -0.05) is 24.3 Å². The Morgan fingerprint density at radius 2 is 2.11 bits per heavy atom. The van der Waals surface area contributed by atoms with Crippen LogP contribution in [-0.2, 0) is 22.6 Å². The van der Waals surface area contributed by atoms with Gasteiger partial charge in [0.25, 0.3) is 0 Å². The molecular formula is C13H13NO3S. The lowest BCUT2D eigenvalue weighted by Gasteiger charge is -2.00. The maximum Gasteiger partial charge on any atom is 0.309 e. The molecule has 0 atom stereocenters. The van der Waals surface area contributed by atoms with Gasteiger partial charge in [-0.2, -0.15) is 0 Å². The molecule has 0 saturated carbocycles. The number of nitrogens with zero attached hydrogens (tertiary/aromatic N) is 1. The summed E-state index contributed by atoms with van der Waals surface area (Å²) in [6.45, 7) is 0.586. The van der Waals surface area contributed by atoms with Gasteiger partial charge in [0.2, 0.25) is 0 Å². The van der Waals surface area contributed by atoms with Crippen molar-refractivity contribution in [1.29, 1.82) is 0 Å². The van der Waals surface area contributed by atoms with E-state index < -0.39 is 5.97 Å². The van der Waals surface area contributed by atoms with Crippen LogP contribution in [-0.4, -0.2) is 23.2 Å². The minimum Gasteiger partial charge on any atom is -0.481 e. The highest BCUT2D eigenvalue weighted by molar-refractivity contribution is 7.13. The molecule has 1 heterocycles. The van der Waals surface area contributed by atoms with Crippen LogP contribution in [0.2, 0.25) is 0 Å². The predicted molar refractivity (Wildman–Crippen MR) is 69.6 cm³/mol. The van der Waals surface area contributed by atoms with E-state index in [0.717, 1.165) is 16.1 Å². The highest BCUT2D eigenvalue weighted by Crippen LogP contribution is 2.24. The molecule has 1 aromatic carbocycles. The summed E-state index contributed by atoms with van der Waals surface area (Å²) >= 11 is 1.46. The summed E-state index contributed by atoms with van der Waals surface area (Å²) in [5.74, 6) is -0.859. The number of rotatable bonds is 5. The van der Waals surface area contributed by atoms with Crippen molar-refractivity contribution in [1.82, 2.24) is 4.98 Å². The van der Waals surface area contributed by atoms with Crippen LogP contribution in [0.4, 0.5) is 0 Å². The molecule has 0 aliphatic carbocycles. The van der Waals surface area contributed by atoms with Crippen LogP contribution in [0.1, 0.15) is 11.3 Å². The number of hydrogen-bond acceptors (Lipinski definition) is 4. The first-order chi connectivity index (χ1) is 8.69. The molecular weight excluding hydrogens is 250 g/mol. The summed E-state index contributed by atoms with van der Waals surface area (Å²) in [5.41, 5.74) is 2.70. The Morgan fingerprint density at radius 3 is 2.72 bits per heavy atom. The highest BCUT2D eigenvalue weighted by Gasteiger charge is 2.07. The lowest BCUT2D eigenvalue weighted by Crippen LogP contribution is -1.99. The zero-order chi connectivity index (χ0) is 13.0. The van der Waals surface area contributed by atoms with Gasteiger partial charge in [0, 0.05) is 18.1 Å². The highest BCUT2D eigenvalue weighted by atomic mass is 32.1. The number of hydrogen-bond donors (Lipinski definition) is 1. The van der Waals surface area contributed by atoms with Crippen LogP contribution in [0.25, 0.3) is 10.6 Å². The van der Waals surface area contributed by atoms with E-state index in [1.807, 2.05) is 24.3 Å². The molecule has 1 aromatic heterocycles. The topological polar surface area (TPSA) is 59.4 Å². The van der Waals surface area contributed by atoms with Gasteiger partial charge in [-0.3, -0.25) is 4.79 Å². The van der Waals surface area contributed by atoms with E-state index in [1.165, 1.54) is 11.3 Å². The summed E-state index contributed by atoms with van der Waals surface area (Å²) in [7, 11) is 1.66. The van der Waals surface area contributed by atoms with E-state index in [9.17, 15) is 4.79 Å². The molecule has 94 valence electrons. The molecule has 0 spiro atoms. The number of carboxylic acids is 1. The van der Waals surface area contributed by atoms with Crippen LogP contribution in [0.15, 0.2) is 29.6 Å². The first kappa shape index (κ1) is 12.7. The number of ether oxygens (including phenoxy) is 1. The normalized spacial score (nSPS) is 10.5. The number of thiazole rings is 1. The molecule has 18 heavy (non-hydrogen) atoms. The summed E-state index contributed by atoms with van der Waals surface area (Å²) < 4.78 is 5.04. The van der Waals surface area contributed by atoms with Crippen LogP contribution >= 0.6 is 11.3 Å². The smallest absolute Gasteiger partial charge is 0.309 e. The second-order valence-electron chi connectivity index (χ2n) is 3.84. The van der Waals surface area contributed by atoms with Crippen molar-refractivity contribution in [2.24, 2.45) is 0 Å². The van der Waals surface area contributed by atoms with Crippen molar-refractivity contribution in [3.63, 3.8) is 0 Å². The van der Waals surface area contributed by atoms with Crippen LogP contribution in [0.3, 0.4) is 0 Å². The lowest BCUT2D eigenvalue weighted by atomic mass is 10.1. The third-order valence-electron chi connectivity index (χ3n) is 2.40. The lowest BCUT2D eigenvalue weighted by molar-refractivity contribution is -0.136. The van der Waals surface area contributed by atoms with Crippen molar-refractivity contribution in [3.05, 3.63) is 40.9 Å². The summed E-state index contributed by atoms with van der Waals surface area (Å²) in [6.07, 6.45) is -0.0295. The second-order valence-corrected chi connectivity index (χ2v) is 4.70. The molecule has 5 heteroatoms. The van der Waals surface area contributed by atoms with Crippen LogP contribution in [0.5, 0.6) is 0 Å². The van der Waals surface area contributed by atoms with Gasteiger partial charge in [0.05, 0.1) is 18.7 Å². The third-order valence-corrected chi connectivity index (χ3v) is 3.34. The molecule has 0 fully saturated rings. The van der Waals surface area contributed by atoms with Gasteiger partial charge in [-0.25, -0.2) is 4.98 Å². The van der Waals surface area contributed by atoms with Crippen molar-refractivity contribution >= 4 is 17.3 Å². The molecule has 2 aromatic rings. The minimum absolute atomic E-state index is 0.0295. The van der Waals surface area contributed by atoms with E-state index in [0.29, 0.717) is 12.3 Å². The molecule has 0 aliphatic heterocycles. The van der Waals surface area contributed by atoms with Crippen molar-refractivity contribution in [3.8, 4) is 10.6 Å².